The Morgan fingerprint density at radius 3 is 3.14 bits per heavy atom. The standard InChI is InChI=1S/C7H5ClN4O2/c1-14-7(13)4-2-5-9-3-10-12(5)11-6(4)8/h2-3H,1H3. The Morgan fingerprint density at radius 2 is 2.43 bits per heavy atom. The van der Waals surface area contributed by atoms with Crippen LogP contribution in [0.15, 0.2) is 12.4 Å². The van der Waals surface area contributed by atoms with Crippen molar-refractivity contribution in [1.82, 2.24) is 19.8 Å². The predicted octanol–water partition coefficient (Wildman–Crippen LogP) is 0.564. The lowest BCUT2D eigenvalue weighted by Crippen LogP contribution is -2.06. The SMILES string of the molecule is COC(=O)c1cc2ncnn2nc1Cl. The summed E-state index contributed by atoms with van der Waals surface area (Å²) in [6, 6.07) is 1.47. The Balaban J connectivity index is 2.64. The second-order valence-corrected chi connectivity index (χ2v) is 2.81. The number of nitrogens with zero attached hydrogens (tertiary/aromatic N) is 4. The fourth-order valence-electron chi connectivity index (χ4n) is 0.996. The zero-order valence-electron chi connectivity index (χ0n) is 7.14. The van der Waals surface area contributed by atoms with Crippen molar-refractivity contribution in [3.63, 3.8) is 0 Å². The number of aromatic nitrogens is 4. The van der Waals surface area contributed by atoms with Crippen molar-refractivity contribution in [1.29, 1.82) is 0 Å². The van der Waals surface area contributed by atoms with Gasteiger partial charge in [-0.1, -0.05) is 11.6 Å². The monoisotopic (exact) mass is 212 g/mol. The molecule has 2 aromatic rings. The zero-order chi connectivity index (χ0) is 10.1. The maximum atomic E-state index is 11.2. The van der Waals surface area contributed by atoms with Gasteiger partial charge in [-0.2, -0.15) is 0 Å². The molecule has 0 atom stereocenters. The molecular formula is C7H5ClN4O2. The third kappa shape index (κ3) is 1.29. The highest BCUT2D eigenvalue weighted by Crippen LogP contribution is 2.14. The highest BCUT2D eigenvalue weighted by Gasteiger charge is 2.14. The molecule has 6 nitrogen and oxygen atoms in total. The number of hydrogen-bond donors (Lipinski definition) is 0. The van der Waals surface area contributed by atoms with Gasteiger partial charge in [0.05, 0.1) is 7.11 Å². The van der Waals surface area contributed by atoms with Gasteiger partial charge in [-0.05, 0) is 0 Å². The van der Waals surface area contributed by atoms with Crippen LogP contribution in [-0.4, -0.2) is 32.9 Å². The fraction of sp³-hybridized carbons (Fsp3) is 0.143. The first kappa shape index (κ1) is 8.89. The van der Waals surface area contributed by atoms with Crippen LogP contribution < -0.4 is 0 Å². The van der Waals surface area contributed by atoms with Crippen LogP contribution in [0.2, 0.25) is 5.15 Å². The maximum absolute atomic E-state index is 11.2. The van der Waals surface area contributed by atoms with Gasteiger partial charge in [-0.25, -0.2) is 9.78 Å². The summed E-state index contributed by atoms with van der Waals surface area (Å²) in [5, 5.41) is 7.61. The smallest absolute Gasteiger partial charge is 0.341 e. The second kappa shape index (κ2) is 3.22. The van der Waals surface area contributed by atoms with Crippen LogP contribution in [0, 0.1) is 0 Å². The van der Waals surface area contributed by atoms with Crippen molar-refractivity contribution in [2.24, 2.45) is 0 Å². The second-order valence-electron chi connectivity index (χ2n) is 2.45. The summed E-state index contributed by atoms with van der Waals surface area (Å²) in [4.78, 5) is 15.1. The van der Waals surface area contributed by atoms with E-state index in [1.54, 1.807) is 0 Å². The number of rotatable bonds is 1. The van der Waals surface area contributed by atoms with Crippen molar-refractivity contribution in [3.05, 3.63) is 23.1 Å². The molecule has 0 saturated carbocycles. The van der Waals surface area contributed by atoms with E-state index in [1.165, 1.54) is 24.1 Å². The quantitative estimate of drug-likeness (QED) is 0.647. The molecule has 0 aliphatic heterocycles. The molecule has 0 fully saturated rings. The molecule has 0 amide bonds. The van der Waals surface area contributed by atoms with Gasteiger partial charge in [0, 0.05) is 6.07 Å². The van der Waals surface area contributed by atoms with Crippen molar-refractivity contribution in [3.8, 4) is 0 Å². The summed E-state index contributed by atoms with van der Waals surface area (Å²) in [6.07, 6.45) is 1.32. The molecule has 0 unspecified atom stereocenters. The molecule has 2 rings (SSSR count). The molecule has 0 bridgehead atoms. The van der Waals surface area contributed by atoms with Gasteiger partial charge in [0.15, 0.2) is 10.8 Å². The molecule has 0 spiro atoms. The summed E-state index contributed by atoms with van der Waals surface area (Å²) in [5.74, 6) is -0.548. The van der Waals surface area contributed by atoms with Crippen LogP contribution in [0.4, 0.5) is 0 Å². The molecule has 0 N–H and O–H groups in total. The van der Waals surface area contributed by atoms with E-state index in [9.17, 15) is 4.79 Å². The first-order valence-corrected chi connectivity index (χ1v) is 4.05. The van der Waals surface area contributed by atoms with E-state index in [1.807, 2.05) is 0 Å². The molecule has 72 valence electrons. The number of halogens is 1. The Labute approximate surface area is 83.5 Å². The summed E-state index contributed by atoms with van der Waals surface area (Å²) in [7, 11) is 1.27. The van der Waals surface area contributed by atoms with Crippen LogP contribution in [0.3, 0.4) is 0 Å². The molecule has 0 aromatic carbocycles. The van der Waals surface area contributed by atoms with E-state index in [2.05, 4.69) is 19.9 Å². The van der Waals surface area contributed by atoms with Gasteiger partial charge in [0.2, 0.25) is 0 Å². The van der Waals surface area contributed by atoms with Crippen molar-refractivity contribution in [2.75, 3.05) is 7.11 Å². The van der Waals surface area contributed by atoms with Crippen molar-refractivity contribution < 1.29 is 9.53 Å². The highest BCUT2D eigenvalue weighted by molar-refractivity contribution is 6.32. The van der Waals surface area contributed by atoms with E-state index < -0.39 is 5.97 Å². The number of carbonyl (C=O) groups is 1. The van der Waals surface area contributed by atoms with Crippen LogP contribution in [0.5, 0.6) is 0 Å². The van der Waals surface area contributed by atoms with Crippen molar-refractivity contribution >= 4 is 23.2 Å². The minimum absolute atomic E-state index is 0.0369. The van der Waals surface area contributed by atoms with E-state index in [4.69, 9.17) is 11.6 Å². The van der Waals surface area contributed by atoms with Crippen LogP contribution in [0.1, 0.15) is 10.4 Å². The van der Waals surface area contributed by atoms with Gasteiger partial charge in [-0.15, -0.1) is 14.8 Å². The molecule has 0 radical (unpaired) electrons. The normalized spacial score (nSPS) is 10.4. The predicted molar refractivity (Wildman–Crippen MR) is 47.1 cm³/mol. The topological polar surface area (TPSA) is 69.4 Å². The molecule has 7 heteroatoms. The van der Waals surface area contributed by atoms with Gasteiger partial charge >= 0.3 is 5.97 Å². The molecule has 0 saturated heterocycles. The first-order chi connectivity index (χ1) is 6.72. The molecule has 2 aromatic heterocycles. The molecule has 0 aliphatic carbocycles. The lowest BCUT2D eigenvalue weighted by Gasteiger charge is -2.00. The Morgan fingerprint density at radius 1 is 1.64 bits per heavy atom. The number of hydrogen-bond acceptors (Lipinski definition) is 5. The number of fused-ring (bicyclic) bond motifs is 1. The van der Waals surface area contributed by atoms with E-state index in [-0.39, 0.29) is 10.7 Å². The van der Waals surface area contributed by atoms with Crippen molar-refractivity contribution in [2.45, 2.75) is 0 Å². The summed E-state index contributed by atoms with van der Waals surface area (Å²) < 4.78 is 5.75. The van der Waals surface area contributed by atoms with E-state index in [0.29, 0.717) is 5.65 Å². The minimum Gasteiger partial charge on any atom is -0.465 e. The molecule has 0 aliphatic rings. The lowest BCUT2D eigenvalue weighted by atomic mass is 10.3. The fourth-order valence-corrected chi connectivity index (χ4v) is 1.20. The average molecular weight is 213 g/mol. The maximum Gasteiger partial charge on any atom is 0.341 e. The third-order valence-corrected chi connectivity index (χ3v) is 1.92. The van der Waals surface area contributed by atoms with Crippen LogP contribution >= 0.6 is 11.6 Å². The van der Waals surface area contributed by atoms with Gasteiger partial charge in [-0.3, -0.25) is 0 Å². The van der Waals surface area contributed by atoms with Gasteiger partial charge < -0.3 is 4.74 Å². The summed E-state index contributed by atoms with van der Waals surface area (Å²) in [5.41, 5.74) is 0.615. The largest absolute Gasteiger partial charge is 0.465 e. The number of ether oxygens (including phenoxy) is 1. The highest BCUT2D eigenvalue weighted by atomic mass is 35.5. The molecule has 2 heterocycles. The lowest BCUT2D eigenvalue weighted by molar-refractivity contribution is 0.0600. The minimum atomic E-state index is -0.548. The summed E-state index contributed by atoms with van der Waals surface area (Å²) in [6.45, 7) is 0. The van der Waals surface area contributed by atoms with E-state index in [0.717, 1.165) is 0 Å². The van der Waals surface area contributed by atoms with Crippen LogP contribution in [-0.2, 0) is 4.74 Å². The average Bonchev–Trinajstić information content (AvgIpc) is 2.62. The van der Waals surface area contributed by atoms with Crippen LogP contribution in [0.25, 0.3) is 5.65 Å². The number of carbonyl (C=O) groups excluding carboxylic acids is 1. The van der Waals surface area contributed by atoms with E-state index >= 15 is 0 Å². The molecule has 14 heavy (non-hydrogen) atoms. The number of methoxy groups -OCH3 is 1. The van der Waals surface area contributed by atoms with Gasteiger partial charge in [0.1, 0.15) is 11.9 Å². The Hall–Kier alpha value is -1.69. The Kier molecular flexibility index (Phi) is 2.05. The zero-order valence-corrected chi connectivity index (χ0v) is 7.89. The molecular weight excluding hydrogens is 208 g/mol. The van der Waals surface area contributed by atoms with Gasteiger partial charge in [0.25, 0.3) is 0 Å². The Bertz CT molecular complexity index is 495. The number of esters is 1. The third-order valence-electron chi connectivity index (χ3n) is 1.64. The summed E-state index contributed by atoms with van der Waals surface area (Å²) >= 11 is 5.73. The first-order valence-electron chi connectivity index (χ1n) is 3.67.